The monoisotopic (exact) mass is 225 g/mol. The summed E-state index contributed by atoms with van der Waals surface area (Å²) in [4.78, 5) is 4.08. The first-order valence-corrected chi connectivity index (χ1v) is 5.52. The molecule has 0 atom stereocenters. The van der Waals surface area contributed by atoms with Gasteiger partial charge in [0.05, 0.1) is 0 Å². The number of nitrogens with zero attached hydrogens (tertiary/aromatic N) is 2. The molecule has 0 unspecified atom stereocenters. The second-order valence-electron chi connectivity index (χ2n) is 3.58. The number of hydrogen-bond donors (Lipinski definition) is 1. The molecule has 86 valence electrons. The van der Waals surface area contributed by atoms with Gasteiger partial charge in [0, 0.05) is 25.1 Å². The highest BCUT2D eigenvalue weighted by Gasteiger charge is 1.85. The first kappa shape index (κ1) is 11.4. The Morgan fingerprint density at radius 1 is 0.941 bits per heavy atom. The van der Waals surface area contributed by atoms with Crippen molar-refractivity contribution in [1.82, 2.24) is 9.38 Å². The minimum Gasteiger partial charge on any atom is -0.326 e. The molecule has 0 aliphatic rings. The Morgan fingerprint density at radius 3 is 2.35 bits per heavy atom. The van der Waals surface area contributed by atoms with Gasteiger partial charge >= 0.3 is 0 Å². The second kappa shape index (κ2) is 5.82. The summed E-state index contributed by atoms with van der Waals surface area (Å²) in [6, 6.07) is 15.9. The largest absolute Gasteiger partial charge is 0.326 e. The molecular formula is C14H15N3. The molecule has 0 bridgehead atoms. The van der Waals surface area contributed by atoms with Gasteiger partial charge in [-0.2, -0.15) is 0 Å². The minimum absolute atomic E-state index is 0.640. The van der Waals surface area contributed by atoms with Crippen molar-refractivity contribution in [1.29, 1.82) is 0 Å². The van der Waals surface area contributed by atoms with E-state index in [4.69, 9.17) is 5.73 Å². The normalized spacial score (nSPS) is 9.71. The van der Waals surface area contributed by atoms with Gasteiger partial charge in [0.25, 0.3) is 0 Å². The molecule has 0 fully saturated rings. The van der Waals surface area contributed by atoms with Crippen LogP contribution in [0.3, 0.4) is 0 Å². The van der Waals surface area contributed by atoms with E-state index in [1.807, 2.05) is 65.3 Å². The lowest BCUT2D eigenvalue weighted by Gasteiger charge is -1.90. The lowest BCUT2D eigenvalue weighted by molar-refractivity contribution is 1.07. The van der Waals surface area contributed by atoms with Crippen LogP contribution in [-0.4, -0.2) is 9.38 Å². The predicted octanol–water partition coefficient (Wildman–Crippen LogP) is 2.48. The van der Waals surface area contributed by atoms with Crippen LogP contribution in [0.5, 0.6) is 0 Å². The molecule has 0 radical (unpaired) electrons. The Labute approximate surface area is 101 Å². The fraction of sp³-hybridized carbons (Fsp3) is 0.0714. The van der Waals surface area contributed by atoms with E-state index in [2.05, 4.69) is 4.98 Å². The number of imidazole rings is 1. The van der Waals surface area contributed by atoms with Gasteiger partial charge in [-0.05, 0) is 17.7 Å². The molecule has 2 heterocycles. The van der Waals surface area contributed by atoms with Crippen molar-refractivity contribution >= 4 is 5.65 Å². The third kappa shape index (κ3) is 3.16. The van der Waals surface area contributed by atoms with Crippen molar-refractivity contribution in [3.8, 4) is 0 Å². The van der Waals surface area contributed by atoms with E-state index in [1.54, 1.807) is 6.20 Å². The van der Waals surface area contributed by atoms with E-state index in [9.17, 15) is 0 Å². The van der Waals surface area contributed by atoms with Crippen LogP contribution in [0.25, 0.3) is 5.65 Å². The first-order chi connectivity index (χ1) is 8.40. The molecule has 1 aromatic carbocycles. The van der Waals surface area contributed by atoms with E-state index in [-0.39, 0.29) is 0 Å². The van der Waals surface area contributed by atoms with E-state index in [1.165, 1.54) is 5.56 Å². The molecule has 0 amide bonds. The fourth-order valence-electron chi connectivity index (χ4n) is 1.48. The van der Waals surface area contributed by atoms with Gasteiger partial charge < -0.3 is 10.1 Å². The standard InChI is InChI=1S/C7H6N2.C7H9N/c1-2-5-9-6-4-8-7(9)3-1;8-6-7-4-2-1-3-5-7/h1-6H;1-5H,6,8H2. The number of rotatable bonds is 1. The van der Waals surface area contributed by atoms with Crippen molar-refractivity contribution in [3.63, 3.8) is 0 Å². The van der Waals surface area contributed by atoms with Gasteiger partial charge in [-0.25, -0.2) is 4.98 Å². The fourth-order valence-corrected chi connectivity index (χ4v) is 1.48. The summed E-state index contributed by atoms with van der Waals surface area (Å²) in [7, 11) is 0. The molecule has 3 rings (SSSR count). The van der Waals surface area contributed by atoms with Crippen molar-refractivity contribution in [2.24, 2.45) is 5.73 Å². The SMILES string of the molecule is NCc1ccccc1.c1ccn2ccnc2c1. The summed E-state index contributed by atoms with van der Waals surface area (Å²) in [6.45, 7) is 0.640. The Balaban J connectivity index is 0.000000128. The Bertz CT molecular complexity index is 527. The first-order valence-electron chi connectivity index (χ1n) is 5.52. The van der Waals surface area contributed by atoms with Crippen LogP contribution in [0.4, 0.5) is 0 Å². The summed E-state index contributed by atoms with van der Waals surface area (Å²) in [5.41, 5.74) is 7.54. The van der Waals surface area contributed by atoms with Gasteiger partial charge in [0.1, 0.15) is 5.65 Å². The molecule has 0 aliphatic carbocycles. The molecule has 17 heavy (non-hydrogen) atoms. The molecule has 0 saturated heterocycles. The van der Waals surface area contributed by atoms with Crippen LogP contribution in [0.2, 0.25) is 0 Å². The Kier molecular flexibility index (Phi) is 3.89. The number of nitrogens with two attached hydrogens (primary N) is 1. The lowest BCUT2D eigenvalue weighted by atomic mass is 10.2. The van der Waals surface area contributed by atoms with Gasteiger partial charge in [-0.15, -0.1) is 0 Å². The third-order valence-electron chi connectivity index (χ3n) is 2.38. The molecule has 3 aromatic rings. The summed E-state index contributed by atoms with van der Waals surface area (Å²) >= 11 is 0. The number of pyridine rings is 1. The zero-order valence-electron chi connectivity index (χ0n) is 9.53. The highest BCUT2D eigenvalue weighted by atomic mass is 15.0. The van der Waals surface area contributed by atoms with Crippen LogP contribution >= 0.6 is 0 Å². The summed E-state index contributed by atoms with van der Waals surface area (Å²) < 4.78 is 1.97. The van der Waals surface area contributed by atoms with Crippen molar-refractivity contribution < 1.29 is 0 Å². The van der Waals surface area contributed by atoms with Gasteiger partial charge in [-0.1, -0.05) is 36.4 Å². The lowest BCUT2D eigenvalue weighted by Crippen LogP contribution is -1.94. The van der Waals surface area contributed by atoms with E-state index < -0.39 is 0 Å². The average Bonchev–Trinajstić information content (AvgIpc) is 2.89. The maximum absolute atomic E-state index is 5.35. The summed E-state index contributed by atoms with van der Waals surface area (Å²) in [5, 5.41) is 0. The van der Waals surface area contributed by atoms with Crippen LogP contribution in [0.15, 0.2) is 67.1 Å². The third-order valence-corrected chi connectivity index (χ3v) is 2.38. The Morgan fingerprint density at radius 2 is 1.71 bits per heavy atom. The van der Waals surface area contributed by atoms with Crippen LogP contribution in [0.1, 0.15) is 5.56 Å². The number of aromatic nitrogens is 2. The highest BCUT2D eigenvalue weighted by molar-refractivity contribution is 5.36. The quantitative estimate of drug-likeness (QED) is 0.691. The van der Waals surface area contributed by atoms with Crippen molar-refractivity contribution in [2.75, 3.05) is 0 Å². The molecule has 0 spiro atoms. The zero-order chi connectivity index (χ0) is 11.9. The van der Waals surface area contributed by atoms with Crippen LogP contribution in [-0.2, 0) is 6.54 Å². The van der Waals surface area contributed by atoms with Crippen LogP contribution in [0, 0.1) is 0 Å². The van der Waals surface area contributed by atoms with E-state index in [0.29, 0.717) is 6.54 Å². The van der Waals surface area contributed by atoms with E-state index in [0.717, 1.165) is 5.65 Å². The second-order valence-corrected chi connectivity index (χ2v) is 3.58. The van der Waals surface area contributed by atoms with Crippen LogP contribution < -0.4 is 5.73 Å². The number of fused-ring (bicyclic) bond motifs is 1. The molecular weight excluding hydrogens is 210 g/mol. The van der Waals surface area contributed by atoms with Crippen molar-refractivity contribution in [2.45, 2.75) is 6.54 Å². The molecule has 3 nitrogen and oxygen atoms in total. The van der Waals surface area contributed by atoms with E-state index >= 15 is 0 Å². The maximum atomic E-state index is 5.35. The molecule has 3 heteroatoms. The van der Waals surface area contributed by atoms with Crippen molar-refractivity contribution in [3.05, 3.63) is 72.7 Å². The molecule has 0 aliphatic heterocycles. The summed E-state index contributed by atoms with van der Waals surface area (Å²) in [5.74, 6) is 0. The average molecular weight is 225 g/mol. The van der Waals surface area contributed by atoms with Gasteiger partial charge in [0.15, 0.2) is 0 Å². The minimum atomic E-state index is 0.640. The zero-order valence-corrected chi connectivity index (χ0v) is 9.53. The topological polar surface area (TPSA) is 43.3 Å². The highest BCUT2D eigenvalue weighted by Crippen LogP contribution is 1.96. The Hall–Kier alpha value is -2.13. The van der Waals surface area contributed by atoms with Gasteiger partial charge in [-0.3, -0.25) is 0 Å². The molecule has 0 saturated carbocycles. The predicted molar refractivity (Wildman–Crippen MR) is 69.5 cm³/mol. The van der Waals surface area contributed by atoms with Gasteiger partial charge in [0.2, 0.25) is 0 Å². The molecule has 2 aromatic heterocycles. The number of benzene rings is 1. The number of hydrogen-bond acceptors (Lipinski definition) is 2. The smallest absolute Gasteiger partial charge is 0.136 e. The maximum Gasteiger partial charge on any atom is 0.136 e. The summed E-state index contributed by atoms with van der Waals surface area (Å²) in [6.07, 6.45) is 5.69. The molecule has 2 N–H and O–H groups in total.